The molecule has 0 spiro atoms. The molecule has 0 aromatic carbocycles. The van der Waals surface area contributed by atoms with Crippen LogP contribution >= 0.6 is 11.6 Å². The van der Waals surface area contributed by atoms with E-state index in [4.69, 9.17) is 37.0 Å². The average Bonchev–Trinajstić information content (AvgIpc) is 3.05. The molecular formula is C35H51ClN6O8. The maximum atomic E-state index is 11.1. The Balaban J connectivity index is 0.000000678. The number of halogens is 1. The Bertz CT molecular complexity index is 1570. The van der Waals surface area contributed by atoms with E-state index in [0.29, 0.717) is 22.6 Å². The molecule has 0 aliphatic heterocycles. The minimum absolute atomic E-state index is 0.0290. The van der Waals surface area contributed by atoms with Crippen molar-refractivity contribution in [2.45, 2.75) is 99.4 Å². The highest BCUT2D eigenvalue weighted by molar-refractivity contribution is 6.32. The van der Waals surface area contributed by atoms with Gasteiger partial charge in [0, 0.05) is 30.7 Å². The first kappa shape index (κ1) is 45.3. The van der Waals surface area contributed by atoms with Gasteiger partial charge in [-0.3, -0.25) is 25.2 Å². The van der Waals surface area contributed by atoms with Crippen LogP contribution in [0.1, 0.15) is 98.2 Å². The summed E-state index contributed by atoms with van der Waals surface area (Å²) in [6, 6.07) is 4.61. The number of rotatable bonds is 12. The summed E-state index contributed by atoms with van der Waals surface area (Å²) in [6.45, 7) is 24.0. The van der Waals surface area contributed by atoms with Gasteiger partial charge < -0.3 is 25.4 Å². The molecule has 14 nitrogen and oxygen atoms in total. The summed E-state index contributed by atoms with van der Waals surface area (Å²) in [6.07, 6.45) is 5.78. The van der Waals surface area contributed by atoms with Crippen molar-refractivity contribution < 1.29 is 29.5 Å². The summed E-state index contributed by atoms with van der Waals surface area (Å²) in [5, 5.41) is 39.0. The molecule has 0 fully saturated rings. The lowest BCUT2D eigenvalue weighted by molar-refractivity contribution is -0.386. The largest absolute Gasteiger partial charge is 0.486 e. The van der Waals surface area contributed by atoms with Crippen LogP contribution in [0.15, 0.2) is 49.9 Å². The number of pyridine rings is 3. The third-order valence-electron chi connectivity index (χ3n) is 6.54. The molecule has 4 N–H and O–H groups in total. The molecule has 0 aliphatic rings. The zero-order valence-corrected chi connectivity index (χ0v) is 31.1. The lowest BCUT2D eigenvalue weighted by Gasteiger charge is -2.16. The zero-order chi connectivity index (χ0) is 38.7. The summed E-state index contributed by atoms with van der Waals surface area (Å²) < 4.78 is 11.0. The lowest BCUT2D eigenvalue weighted by atomic mass is 10.1. The van der Waals surface area contributed by atoms with Crippen LogP contribution in [0.4, 0.5) is 17.1 Å². The molecule has 3 rings (SSSR count). The van der Waals surface area contributed by atoms with E-state index >= 15 is 0 Å². The second kappa shape index (κ2) is 22.9. The van der Waals surface area contributed by atoms with Crippen LogP contribution in [0.2, 0.25) is 5.02 Å². The molecule has 3 heterocycles. The normalized spacial score (nSPS) is 11.9. The fourth-order valence-electron chi connectivity index (χ4n) is 3.52. The van der Waals surface area contributed by atoms with Gasteiger partial charge in [-0.25, -0.2) is 9.97 Å². The Hall–Kier alpha value is -4.66. The van der Waals surface area contributed by atoms with E-state index in [1.807, 2.05) is 34.6 Å². The quantitative estimate of drug-likeness (QED) is 0.119. The Kier molecular flexibility index (Phi) is 20.7. The van der Waals surface area contributed by atoms with Gasteiger partial charge in [0.15, 0.2) is 0 Å². The molecule has 0 unspecified atom stereocenters. The number of nitrogens with zero attached hydrogens (tertiary/aromatic N) is 5. The summed E-state index contributed by atoms with van der Waals surface area (Å²) in [7, 11) is 0. The van der Waals surface area contributed by atoms with Gasteiger partial charge in [-0.2, -0.15) is 0 Å². The van der Waals surface area contributed by atoms with E-state index < -0.39 is 9.85 Å². The summed E-state index contributed by atoms with van der Waals surface area (Å²) in [4.78, 5) is 32.6. The van der Waals surface area contributed by atoms with Crippen LogP contribution in [0, 0.1) is 20.2 Å². The molecule has 3 aromatic heterocycles. The highest BCUT2D eigenvalue weighted by Gasteiger charge is 2.24. The van der Waals surface area contributed by atoms with Crippen molar-refractivity contribution in [3.05, 3.63) is 92.3 Å². The first-order valence-corrected chi connectivity index (χ1v) is 16.3. The van der Waals surface area contributed by atoms with E-state index in [1.165, 1.54) is 24.5 Å². The zero-order valence-electron chi connectivity index (χ0n) is 30.3. The van der Waals surface area contributed by atoms with Crippen LogP contribution in [-0.4, -0.2) is 59.9 Å². The van der Waals surface area contributed by atoms with E-state index in [1.54, 1.807) is 40.0 Å². The molecule has 0 radical (unpaired) electrons. The predicted molar refractivity (Wildman–Crippen MR) is 198 cm³/mol. The number of nitrogens with two attached hydrogens (primary N) is 1. The standard InChI is InChI=1S/C12H16N2O3.C11H18N2O2.C8H7ClN2O2.C4H10O/c1-5-9(4)17-10-6-7-13-11(8(2)3)12(10)14(15)16;1-7(2)11-10(12)9(4-5-13-11)15-8(3)6-14;1-5(2)7-8(11(12)13)6(9)3-4-10-7;1-3-4(2)5/h6-7,9H,2,5H2,1,3-4H3;4-5,7-8,14H,6,12H2,1-3H3;3-4H,1H2,2H3;4-5H,3H2,1-2H3/t9-;8-;;4-/m11.1/s1. The SMILES string of the molecule is C=C(C)c1nccc(Cl)c1[N+](=O)[O-].C=C(C)c1nccc(O[C@H](C)CC)c1[N+](=O)[O-].CC(C)c1nccc(O[C@H](C)CO)c1N.CC[C@@H](C)O. The topological polar surface area (TPSA) is 210 Å². The van der Waals surface area contributed by atoms with E-state index in [9.17, 15) is 20.2 Å². The summed E-state index contributed by atoms with van der Waals surface area (Å²) >= 11 is 5.65. The molecule has 50 heavy (non-hydrogen) atoms. The number of aliphatic hydroxyl groups excluding tert-OH is 2. The Morgan fingerprint density at radius 1 is 0.840 bits per heavy atom. The lowest BCUT2D eigenvalue weighted by Crippen LogP contribution is -2.17. The maximum Gasteiger partial charge on any atom is 0.336 e. The molecule has 0 saturated heterocycles. The van der Waals surface area contributed by atoms with Crippen LogP contribution in [0.25, 0.3) is 11.1 Å². The second-order valence-corrected chi connectivity index (χ2v) is 11.9. The van der Waals surface area contributed by atoms with Gasteiger partial charge in [-0.1, -0.05) is 52.5 Å². The molecule has 15 heteroatoms. The number of aliphatic hydroxyl groups is 2. The number of anilines is 1. The second-order valence-electron chi connectivity index (χ2n) is 11.5. The smallest absolute Gasteiger partial charge is 0.336 e. The fraction of sp³-hybridized carbons (Fsp3) is 0.457. The number of aromatic nitrogens is 3. The molecule has 3 aromatic rings. The third-order valence-corrected chi connectivity index (χ3v) is 6.85. The Labute approximate surface area is 299 Å². The van der Waals surface area contributed by atoms with Crippen molar-refractivity contribution in [2.75, 3.05) is 12.3 Å². The van der Waals surface area contributed by atoms with Crippen molar-refractivity contribution in [3.8, 4) is 11.5 Å². The fourth-order valence-corrected chi connectivity index (χ4v) is 3.74. The van der Waals surface area contributed by atoms with Crippen LogP contribution < -0.4 is 15.2 Å². The number of allylic oxidation sites excluding steroid dienone is 2. The minimum Gasteiger partial charge on any atom is -0.486 e. The van der Waals surface area contributed by atoms with Crippen LogP contribution in [0.3, 0.4) is 0 Å². The molecule has 276 valence electrons. The van der Waals surface area contributed by atoms with E-state index in [2.05, 4.69) is 28.1 Å². The number of hydrogen-bond donors (Lipinski definition) is 3. The van der Waals surface area contributed by atoms with Crippen molar-refractivity contribution in [2.24, 2.45) is 0 Å². The monoisotopic (exact) mass is 718 g/mol. The van der Waals surface area contributed by atoms with Gasteiger partial charge in [-0.05, 0) is 70.6 Å². The summed E-state index contributed by atoms with van der Waals surface area (Å²) in [5.41, 5.74) is 8.60. The summed E-state index contributed by atoms with van der Waals surface area (Å²) in [5.74, 6) is 1.10. The highest BCUT2D eigenvalue weighted by atomic mass is 35.5. The molecule has 0 saturated carbocycles. The maximum absolute atomic E-state index is 11.1. The van der Waals surface area contributed by atoms with Gasteiger partial charge >= 0.3 is 11.4 Å². The first-order chi connectivity index (χ1) is 23.3. The average molecular weight is 719 g/mol. The molecule has 0 aliphatic carbocycles. The number of nitrogen functional groups attached to an aromatic ring is 1. The molecular weight excluding hydrogens is 668 g/mol. The number of hydrogen-bond acceptors (Lipinski definition) is 12. The third kappa shape index (κ3) is 15.3. The van der Waals surface area contributed by atoms with Crippen molar-refractivity contribution in [1.29, 1.82) is 0 Å². The Morgan fingerprint density at radius 3 is 1.68 bits per heavy atom. The predicted octanol–water partition coefficient (Wildman–Crippen LogP) is 8.20. The molecule has 0 bridgehead atoms. The highest BCUT2D eigenvalue weighted by Crippen LogP contribution is 2.34. The van der Waals surface area contributed by atoms with Gasteiger partial charge in [-0.15, -0.1) is 0 Å². The number of ether oxygens (including phenoxy) is 2. The van der Waals surface area contributed by atoms with Gasteiger partial charge in [0.05, 0.1) is 40.0 Å². The van der Waals surface area contributed by atoms with Gasteiger partial charge in [0.2, 0.25) is 5.75 Å². The number of nitro groups is 2. The van der Waals surface area contributed by atoms with Crippen molar-refractivity contribution in [1.82, 2.24) is 15.0 Å². The Morgan fingerprint density at radius 2 is 1.28 bits per heavy atom. The first-order valence-electron chi connectivity index (χ1n) is 15.9. The molecule has 3 atom stereocenters. The minimum atomic E-state index is -0.556. The van der Waals surface area contributed by atoms with Crippen molar-refractivity contribution in [3.63, 3.8) is 0 Å². The van der Waals surface area contributed by atoms with Gasteiger partial charge in [0.1, 0.15) is 28.3 Å². The van der Waals surface area contributed by atoms with E-state index in [-0.39, 0.29) is 64.4 Å². The molecule has 0 amide bonds. The van der Waals surface area contributed by atoms with E-state index in [0.717, 1.165) is 18.5 Å². The van der Waals surface area contributed by atoms with Crippen LogP contribution in [0.5, 0.6) is 11.5 Å². The van der Waals surface area contributed by atoms with Gasteiger partial charge in [0.25, 0.3) is 0 Å². The van der Waals surface area contributed by atoms with Crippen LogP contribution in [-0.2, 0) is 0 Å². The van der Waals surface area contributed by atoms with Crippen molar-refractivity contribution >= 4 is 39.8 Å².